The Labute approximate surface area is 214 Å². The van der Waals surface area contributed by atoms with Crippen LogP contribution in [-0.2, 0) is 6.54 Å². The lowest BCUT2D eigenvalue weighted by Gasteiger charge is -2.32. The lowest BCUT2D eigenvalue weighted by atomic mass is 10.0. The first-order valence-electron chi connectivity index (χ1n) is 12.2. The van der Waals surface area contributed by atoms with Gasteiger partial charge in [0.05, 0.1) is 48.4 Å². The molecule has 0 saturated carbocycles. The molecule has 4 aromatic rings. The topological polar surface area (TPSA) is 127 Å². The van der Waals surface area contributed by atoms with E-state index in [1.165, 1.54) is 0 Å². The van der Waals surface area contributed by atoms with Gasteiger partial charge in [0.2, 0.25) is 0 Å². The van der Waals surface area contributed by atoms with E-state index in [4.69, 9.17) is 14.6 Å². The van der Waals surface area contributed by atoms with Crippen LogP contribution in [0.2, 0.25) is 0 Å². The van der Waals surface area contributed by atoms with Crippen LogP contribution in [0.15, 0.2) is 43.2 Å². The van der Waals surface area contributed by atoms with Crippen molar-refractivity contribution >= 4 is 5.52 Å². The Bertz CT molecular complexity index is 1410. The molecular weight excluding hydrogens is 472 g/mol. The number of likely N-dealkylation sites (tertiary alicyclic amines) is 1. The second kappa shape index (κ2) is 10.2. The molecule has 37 heavy (non-hydrogen) atoms. The highest BCUT2D eigenvalue weighted by atomic mass is 16.5. The first kappa shape index (κ1) is 24.7. The zero-order valence-corrected chi connectivity index (χ0v) is 21.2. The summed E-state index contributed by atoms with van der Waals surface area (Å²) in [5.74, 6) is 0.551. The van der Waals surface area contributed by atoms with E-state index in [1.54, 1.807) is 50.3 Å². The van der Waals surface area contributed by atoms with Crippen LogP contribution in [0.4, 0.5) is 0 Å². The Morgan fingerprint density at radius 3 is 2.70 bits per heavy atom. The Morgan fingerprint density at radius 2 is 1.97 bits per heavy atom. The first-order valence-corrected chi connectivity index (χ1v) is 12.2. The average molecular weight is 503 g/mol. The third kappa shape index (κ3) is 5.55. The summed E-state index contributed by atoms with van der Waals surface area (Å²) in [5.41, 5.74) is 2.91. The lowest BCUT2D eigenvalue weighted by Crippen LogP contribution is -2.36. The highest BCUT2D eigenvalue weighted by Gasteiger charge is 2.24. The molecule has 1 aliphatic rings. The van der Waals surface area contributed by atoms with Crippen LogP contribution in [-0.4, -0.2) is 71.8 Å². The maximum atomic E-state index is 10.1. The molecular formula is C26H30N8O3. The molecule has 0 radical (unpaired) electrons. The van der Waals surface area contributed by atoms with Gasteiger partial charge in [0.15, 0.2) is 0 Å². The third-order valence-electron chi connectivity index (χ3n) is 6.34. The minimum Gasteiger partial charge on any atom is -0.489 e. The molecule has 4 aromatic heterocycles. The van der Waals surface area contributed by atoms with Crippen LogP contribution in [0.25, 0.3) is 16.6 Å². The van der Waals surface area contributed by atoms with Gasteiger partial charge in [-0.3, -0.25) is 9.58 Å². The number of methoxy groups -OCH3 is 1. The fourth-order valence-electron chi connectivity index (χ4n) is 4.59. The van der Waals surface area contributed by atoms with Crippen LogP contribution in [0.5, 0.6) is 11.8 Å². The monoisotopic (exact) mass is 502 g/mol. The molecule has 0 unspecified atom stereocenters. The van der Waals surface area contributed by atoms with Gasteiger partial charge in [-0.15, -0.1) is 0 Å². The van der Waals surface area contributed by atoms with Gasteiger partial charge in [0.1, 0.15) is 18.4 Å². The maximum absolute atomic E-state index is 10.1. The summed E-state index contributed by atoms with van der Waals surface area (Å²) in [7, 11) is 1.56. The van der Waals surface area contributed by atoms with E-state index in [2.05, 4.69) is 26.0 Å². The van der Waals surface area contributed by atoms with E-state index in [1.807, 2.05) is 23.1 Å². The van der Waals surface area contributed by atoms with Crippen LogP contribution >= 0.6 is 0 Å². The van der Waals surface area contributed by atoms with E-state index in [9.17, 15) is 10.4 Å². The Morgan fingerprint density at radius 1 is 1.16 bits per heavy atom. The molecule has 1 N–H and O–H groups in total. The maximum Gasteiger partial charge on any atom is 0.316 e. The molecule has 11 heteroatoms. The number of hydrogen-bond acceptors (Lipinski definition) is 9. The van der Waals surface area contributed by atoms with Crippen LogP contribution in [0.3, 0.4) is 0 Å². The van der Waals surface area contributed by atoms with Crippen molar-refractivity contribution in [1.29, 1.82) is 5.26 Å². The number of aliphatic hydroxyl groups is 1. The molecule has 0 amide bonds. The molecule has 0 aliphatic carbocycles. The zero-order chi connectivity index (χ0) is 26.0. The standard InChI is InChI=1S/C26H30N8O3/c1-26(2,35)17-37-22-7-23(24-19(8-27)11-31-34(24)16-22)20-12-30-33(14-20)21-5-4-6-32(15-21)13-18-9-28-25(36-3)29-10-18/h7,9-12,14,16,21,35H,4-6,13,15,17H2,1-3H3/t21-/m1/s1. The van der Waals surface area contributed by atoms with E-state index >= 15 is 0 Å². The number of ether oxygens (including phenoxy) is 2. The van der Waals surface area contributed by atoms with Crippen molar-refractivity contribution in [2.24, 2.45) is 0 Å². The molecule has 1 aliphatic heterocycles. The summed E-state index contributed by atoms with van der Waals surface area (Å²) in [6.07, 6.45) is 12.8. The molecule has 0 aromatic carbocycles. The van der Waals surface area contributed by atoms with E-state index in [0.29, 0.717) is 22.8 Å². The Kier molecular flexibility index (Phi) is 6.78. The van der Waals surface area contributed by atoms with Crippen molar-refractivity contribution in [3.05, 3.63) is 54.4 Å². The van der Waals surface area contributed by atoms with Crippen molar-refractivity contribution in [3.8, 4) is 29.0 Å². The summed E-state index contributed by atoms with van der Waals surface area (Å²) in [4.78, 5) is 10.8. The summed E-state index contributed by atoms with van der Waals surface area (Å²) >= 11 is 0. The van der Waals surface area contributed by atoms with Crippen LogP contribution < -0.4 is 9.47 Å². The largest absolute Gasteiger partial charge is 0.489 e. The highest BCUT2D eigenvalue weighted by Crippen LogP contribution is 2.32. The summed E-state index contributed by atoms with van der Waals surface area (Å²) in [6, 6.07) is 4.68. The predicted molar refractivity (Wildman–Crippen MR) is 135 cm³/mol. The minimum absolute atomic E-state index is 0.126. The average Bonchev–Trinajstić information content (AvgIpc) is 3.55. The quantitative estimate of drug-likeness (QED) is 0.387. The van der Waals surface area contributed by atoms with Crippen molar-refractivity contribution in [2.75, 3.05) is 26.8 Å². The van der Waals surface area contributed by atoms with Gasteiger partial charge in [-0.25, -0.2) is 14.5 Å². The Hall–Kier alpha value is -4.01. The number of nitrogens with zero attached hydrogens (tertiary/aromatic N) is 8. The molecule has 0 spiro atoms. The van der Waals surface area contributed by atoms with Gasteiger partial charge >= 0.3 is 6.01 Å². The molecule has 5 rings (SSSR count). The second-order valence-electron chi connectivity index (χ2n) is 9.97. The van der Waals surface area contributed by atoms with Crippen molar-refractivity contribution in [3.63, 3.8) is 0 Å². The molecule has 192 valence electrons. The van der Waals surface area contributed by atoms with Crippen molar-refractivity contribution in [1.82, 2.24) is 34.3 Å². The van der Waals surface area contributed by atoms with Gasteiger partial charge < -0.3 is 14.6 Å². The van der Waals surface area contributed by atoms with E-state index in [-0.39, 0.29) is 12.6 Å². The summed E-state index contributed by atoms with van der Waals surface area (Å²) in [5, 5.41) is 28.8. The highest BCUT2D eigenvalue weighted by molar-refractivity contribution is 5.84. The molecule has 1 saturated heterocycles. The van der Waals surface area contributed by atoms with Crippen LogP contribution in [0, 0.1) is 11.3 Å². The van der Waals surface area contributed by atoms with Gasteiger partial charge in [-0.2, -0.15) is 15.5 Å². The number of rotatable bonds is 8. The van der Waals surface area contributed by atoms with Crippen LogP contribution in [0.1, 0.15) is 43.9 Å². The van der Waals surface area contributed by atoms with Gasteiger partial charge in [0, 0.05) is 48.4 Å². The Balaban J connectivity index is 1.38. The predicted octanol–water partition coefficient (Wildman–Crippen LogP) is 2.85. The molecule has 1 fully saturated rings. The number of fused-ring (bicyclic) bond motifs is 1. The van der Waals surface area contributed by atoms with Crippen molar-refractivity contribution in [2.45, 2.75) is 44.9 Å². The van der Waals surface area contributed by atoms with E-state index < -0.39 is 5.60 Å². The number of nitriles is 1. The fourth-order valence-corrected chi connectivity index (χ4v) is 4.59. The summed E-state index contributed by atoms with van der Waals surface area (Å²) in [6.45, 7) is 6.12. The SMILES string of the molecule is COc1ncc(CN2CCC[C@@H](n3cc(-c4cc(OCC(C)(C)O)cn5ncc(C#N)c45)cn3)C2)cn1. The fraction of sp³-hybridized carbons (Fsp3) is 0.423. The first-order chi connectivity index (χ1) is 17.8. The number of aromatic nitrogens is 6. The van der Waals surface area contributed by atoms with Gasteiger partial charge in [-0.05, 0) is 39.3 Å². The second-order valence-corrected chi connectivity index (χ2v) is 9.97. The van der Waals surface area contributed by atoms with Gasteiger partial charge in [-0.1, -0.05) is 0 Å². The molecule has 1 atom stereocenters. The lowest BCUT2D eigenvalue weighted by molar-refractivity contribution is 0.0283. The number of pyridine rings is 1. The van der Waals surface area contributed by atoms with E-state index in [0.717, 1.165) is 49.2 Å². The number of hydrogen-bond donors (Lipinski definition) is 1. The number of piperidine rings is 1. The third-order valence-corrected chi connectivity index (χ3v) is 6.34. The minimum atomic E-state index is -0.979. The molecule has 11 nitrogen and oxygen atoms in total. The smallest absolute Gasteiger partial charge is 0.316 e. The summed E-state index contributed by atoms with van der Waals surface area (Å²) < 4.78 is 14.6. The van der Waals surface area contributed by atoms with Gasteiger partial charge in [0.25, 0.3) is 0 Å². The molecule has 0 bridgehead atoms. The normalized spacial score (nSPS) is 16.6. The van der Waals surface area contributed by atoms with Crippen molar-refractivity contribution < 1.29 is 14.6 Å². The zero-order valence-electron chi connectivity index (χ0n) is 21.2. The molecule has 5 heterocycles.